The third-order valence-electron chi connectivity index (χ3n) is 5.60. The normalized spacial score (nSPS) is 19.0. The molecule has 4 rings (SSSR count). The molecule has 3 heteroatoms. The van der Waals surface area contributed by atoms with Gasteiger partial charge in [-0.15, -0.1) is 12.4 Å². The number of hydrogen-bond acceptors (Lipinski definition) is 2. The summed E-state index contributed by atoms with van der Waals surface area (Å²) in [4.78, 5) is 2.27. The largest absolute Gasteiger partial charge is 0.376 e. The van der Waals surface area contributed by atoms with Crippen LogP contribution in [0.2, 0.25) is 0 Å². The predicted molar refractivity (Wildman–Crippen MR) is 117 cm³/mol. The van der Waals surface area contributed by atoms with E-state index in [0.29, 0.717) is 5.92 Å². The van der Waals surface area contributed by atoms with Gasteiger partial charge in [-0.1, -0.05) is 54.6 Å². The number of methoxy groups -OCH3 is 1. The van der Waals surface area contributed by atoms with Crippen LogP contribution in [-0.4, -0.2) is 32.6 Å². The third kappa shape index (κ3) is 4.03. The molecule has 0 spiro atoms. The first-order valence-corrected chi connectivity index (χ1v) is 9.45. The summed E-state index contributed by atoms with van der Waals surface area (Å²) in [6.07, 6.45) is 2.52. The van der Waals surface area contributed by atoms with Crippen molar-refractivity contribution >= 4 is 23.2 Å². The zero-order chi connectivity index (χ0) is 18.1. The van der Waals surface area contributed by atoms with Gasteiger partial charge in [-0.3, -0.25) is 0 Å². The maximum absolute atomic E-state index is 5.91. The molecule has 0 saturated carbocycles. The number of benzene rings is 3. The van der Waals surface area contributed by atoms with Crippen molar-refractivity contribution in [1.82, 2.24) is 4.90 Å². The van der Waals surface area contributed by atoms with Gasteiger partial charge in [0.25, 0.3) is 0 Å². The lowest BCUT2D eigenvalue weighted by molar-refractivity contribution is 0.0299. The number of rotatable bonds is 4. The number of fused-ring (bicyclic) bond motifs is 2. The fraction of sp³-hybridized carbons (Fsp3) is 0.333. The van der Waals surface area contributed by atoms with E-state index in [-0.39, 0.29) is 18.5 Å². The van der Waals surface area contributed by atoms with E-state index < -0.39 is 0 Å². The number of halogens is 1. The van der Waals surface area contributed by atoms with Gasteiger partial charge in [-0.25, -0.2) is 0 Å². The molecule has 0 aromatic heterocycles. The van der Waals surface area contributed by atoms with E-state index in [1.807, 2.05) is 7.11 Å². The minimum absolute atomic E-state index is 0. The summed E-state index contributed by atoms with van der Waals surface area (Å²) in [5.74, 6) is 0.564. The van der Waals surface area contributed by atoms with Gasteiger partial charge >= 0.3 is 0 Å². The highest BCUT2D eigenvalue weighted by Crippen LogP contribution is 2.39. The highest BCUT2D eigenvalue weighted by Gasteiger charge is 2.30. The Morgan fingerprint density at radius 2 is 1.63 bits per heavy atom. The molecular weight excluding hydrogens is 354 g/mol. The van der Waals surface area contributed by atoms with Crippen molar-refractivity contribution < 1.29 is 4.74 Å². The number of ether oxygens (including phenoxy) is 1. The van der Waals surface area contributed by atoms with Crippen LogP contribution in [0.25, 0.3) is 21.9 Å². The van der Waals surface area contributed by atoms with Gasteiger partial charge in [-0.2, -0.15) is 0 Å². The summed E-state index contributed by atoms with van der Waals surface area (Å²) in [7, 11) is 6.13. The second-order valence-corrected chi connectivity index (χ2v) is 7.69. The molecule has 2 nitrogen and oxygen atoms in total. The van der Waals surface area contributed by atoms with Crippen LogP contribution in [0.4, 0.5) is 0 Å². The summed E-state index contributed by atoms with van der Waals surface area (Å²) < 4.78 is 5.91. The Kier molecular flexibility index (Phi) is 6.21. The molecule has 1 aliphatic carbocycles. The smallest absolute Gasteiger partial charge is 0.0864 e. The fourth-order valence-electron chi connectivity index (χ4n) is 4.37. The first-order chi connectivity index (χ1) is 12.7. The lowest BCUT2D eigenvalue weighted by Crippen LogP contribution is -2.31. The Hall–Kier alpha value is -1.87. The van der Waals surface area contributed by atoms with Crippen molar-refractivity contribution in [2.24, 2.45) is 5.92 Å². The predicted octanol–water partition coefficient (Wildman–Crippen LogP) is 5.74. The van der Waals surface area contributed by atoms with Crippen molar-refractivity contribution in [2.75, 3.05) is 27.7 Å². The molecule has 142 valence electrons. The summed E-state index contributed by atoms with van der Waals surface area (Å²) in [6.45, 7) is 1.07. The molecular formula is C24H28ClNO. The second-order valence-electron chi connectivity index (χ2n) is 7.69. The van der Waals surface area contributed by atoms with Crippen molar-refractivity contribution in [3.8, 4) is 11.1 Å². The lowest BCUT2D eigenvalue weighted by Gasteiger charge is -2.34. The van der Waals surface area contributed by atoms with E-state index in [2.05, 4.69) is 79.7 Å². The van der Waals surface area contributed by atoms with E-state index in [0.717, 1.165) is 13.0 Å². The molecule has 1 aliphatic rings. The van der Waals surface area contributed by atoms with E-state index in [9.17, 15) is 0 Å². The molecule has 0 saturated heterocycles. The summed E-state index contributed by atoms with van der Waals surface area (Å²) in [5.41, 5.74) is 5.40. The molecule has 2 unspecified atom stereocenters. The molecule has 3 aromatic carbocycles. The first-order valence-electron chi connectivity index (χ1n) is 9.45. The monoisotopic (exact) mass is 381 g/mol. The van der Waals surface area contributed by atoms with Crippen molar-refractivity contribution in [3.63, 3.8) is 0 Å². The Labute approximate surface area is 168 Å². The Morgan fingerprint density at radius 3 is 2.37 bits per heavy atom. The topological polar surface area (TPSA) is 12.5 Å². The first kappa shape index (κ1) is 19.9. The molecule has 0 heterocycles. The molecule has 0 fully saturated rings. The van der Waals surface area contributed by atoms with Crippen LogP contribution in [0, 0.1) is 5.92 Å². The molecule has 0 radical (unpaired) electrons. The SMILES string of the molecule is COC1c2ccc(-c3ccc4ccccc4c3)cc2CCC1CN(C)C.Cl. The molecule has 0 amide bonds. The van der Waals surface area contributed by atoms with Crippen LogP contribution in [0.1, 0.15) is 23.7 Å². The highest BCUT2D eigenvalue weighted by atomic mass is 35.5. The number of aryl methyl sites for hydroxylation is 1. The zero-order valence-corrected chi connectivity index (χ0v) is 17.1. The fourth-order valence-corrected chi connectivity index (χ4v) is 4.37. The maximum Gasteiger partial charge on any atom is 0.0864 e. The van der Waals surface area contributed by atoms with Gasteiger partial charge in [-0.05, 0) is 66.0 Å². The van der Waals surface area contributed by atoms with Gasteiger partial charge in [0.15, 0.2) is 0 Å². The van der Waals surface area contributed by atoms with Gasteiger partial charge in [0, 0.05) is 19.6 Å². The maximum atomic E-state index is 5.91. The van der Waals surface area contributed by atoms with Crippen LogP contribution >= 0.6 is 12.4 Å². The van der Waals surface area contributed by atoms with E-state index in [1.165, 1.54) is 39.4 Å². The van der Waals surface area contributed by atoms with Crippen molar-refractivity contribution in [3.05, 3.63) is 71.8 Å². The molecule has 2 atom stereocenters. The summed E-state index contributed by atoms with van der Waals surface area (Å²) >= 11 is 0. The van der Waals surface area contributed by atoms with Gasteiger partial charge in [0.2, 0.25) is 0 Å². The standard InChI is InChI=1S/C24H27NO.ClH/c1-25(2)16-22-11-10-21-15-20(12-13-23(21)24(22)26-3)19-9-8-17-6-4-5-7-18(17)14-19;/h4-9,12-15,22,24H,10-11,16H2,1-3H3;1H. The van der Waals surface area contributed by atoms with Crippen LogP contribution in [0.3, 0.4) is 0 Å². The minimum Gasteiger partial charge on any atom is -0.376 e. The van der Waals surface area contributed by atoms with Gasteiger partial charge in [0.05, 0.1) is 6.10 Å². The minimum atomic E-state index is 0. The highest BCUT2D eigenvalue weighted by molar-refractivity contribution is 5.87. The zero-order valence-electron chi connectivity index (χ0n) is 16.3. The lowest BCUT2D eigenvalue weighted by atomic mass is 9.80. The average Bonchev–Trinajstić information content (AvgIpc) is 2.66. The number of nitrogens with zero attached hydrogens (tertiary/aromatic N) is 1. The van der Waals surface area contributed by atoms with Crippen molar-refractivity contribution in [2.45, 2.75) is 18.9 Å². The van der Waals surface area contributed by atoms with E-state index in [4.69, 9.17) is 4.74 Å². The summed E-state index contributed by atoms with van der Waals surface area (Å²) in [5, 5.41) is 2.59. The molecule has 0 aliphatic heterocycles. The van der Waals surface area contributed by atoms with Crippen LogP contribution in [0.5, 0.6) is 0 Å². The van der Waals surface area contributed by atoms with Gasteiger partial charge in [0.1, 0.15) is 0 Å². The molecule has 0 N–H and O–H groups in total. The Balaban J connectivity index is 0.00000210. The summed E-state index contributed by atoms with van der Waals surface area (Å²) in [6, 6.07) is 22.2. The molecule has 3 aromatic rings. The van der Waals surface area contributed by atoms with Gasteiger partial charge < -0.3 is 9.64 Å². The van der Waals surface area contributed by atoms with Crippen LogP contribution < -0.4 is 0 Å². The van der Waals surface area contributed by atoms with E-state index >= 15 is 0 Å². The number of hydrogen-bond donors (Lipinski definition) is 0. The third-order valence-corrected chi connectivity index (χ3v) is 5.60. The Bertz CT molecular complexity index is 921. The molecule has 0 bridgehead atoms. The van der Waals surface area contributed by atoms with Crippen molar-refractivity contribution in [1.29, 1.82) is 0 Å². The molecule has 27 heavy (non-hydrogen) atoms. The van der Waals surface area contributed by atoms with E-state index in [1.54, 1.807) is 0 Å². The van der Waals surface area contributed by atoms with Crippen LogP contribution in [-0.2, 0) is 11.2 Å². The Morgan fingerprint density at radius 1 is 0.926 bits per heavy atom. The van der Waals surface area contributed by atoms with Crippen LogP contribution in [0.15, 0.2) is 60.7 Å². The average molecular weight is 382 g/mol. The second kappa shape index (κ2) is 8.43. The quantitative estimate of drug-likeness (QED) is 0.571.